The van der Waals surface area contributed by atoms with Crippen molar-refractivity contribution in [1.82, 2.24) is 4.98 Å². The number of nitrogens with one attached hydrogen (secondary N) is 1. The molecule has 1 aliphatic rings. The SMILES string of the molecule is Cc1ccc([N+](=O)[O-])c(NC2CCCCC2O)n1. The monoisotopic (exact) mass is 251 g/mol. The number of hydrogen-bond acceptors (Lipinski definition) is 5. The van der Waals surface area contributed by atoms with Crippen molar-refractivity contribution >= 4 is 11.5 Å². The van der Waals surface area contributed by atoms with Gasteiger partial charge >= 0.3 is 5.69 Å². The normalized spacial score (nSPS) is 23.7. The Bertz CT molecular complexity index is 450. The largest absolute Gasteiger partial charge is 0.391 e. The van der Waals surface area contributed by atoms with Crippen molar-refractivity contribution in [3.8, 4) is 0 Å². The van der Waals surface area contributed by atoms with Gasteiger partial charge in [-0.2, -0.15) is 0 Å². The van der Waals surface area contributed by atoms with E-state index in [-0.39, 0.29) is 17.5 Å². The molecular weight excluding hydrogens is 234 g/mol. The molecule has 0 saturated heterocycles. The third-order valence-corrected chi connectivity index (χ3v) is 3.26. The zero-order valence-electron chi connectivity index (χ0n) is 10.3. The molecule has 2 rings (SSSR count). The number of aryl methyl sites for hydroxylation is 1. The number of nitrogens with zero attached hydrogens (tertiary/aromatic N) is 2. The Morgan fingerprint density at radius 1 is 1.44 bits per heavy atom. The number of aromatic nitrogens is 1. The fourth-order valence-electron chi connectivity index (χ4n) is 2.26. The van der Waals surface area contributed by atoms with E-state index >= 15 is 0 Å². The molecule has 0 radical (unpaired) electrons. The van der Waals surface area contributed by atoms with E-state index < -0.39 is 11.0 Å². The molecule has 6 heteroatoms. The highest BCUT2D eigenvalue weighted by Crippen LogP contribution is 2.27. The van der Waals surface area contributed by atoms with Crippen molar-refractivity contribution < 1.29 is 10.0 Å². The third kappa shape index (κ3) is 2.76. The van der Waals surface area contributed by atoms with Crippen LogP contribution in [0.25, 0.3) is 0 Å². The Kier molecular flexibility index (Phi) is 3.76. The number of pyridine rings is 1. The molecule has 2 unspecified atom stereocenters. The molecule has 1 fully saturated rings. The second-order valence-electron chi connectivity index (χ2n) is 4.68. The summed E-state index contributed by atoms with van der Waals surface area (Å²) in [6.45, 7) is 1.78. The molecule has 2 N–H and O–H groups in total. The molecule has 1 heterocycles. The van der Waals surface area contributed by atoms with Crippen LogP contribution in [0.2, 0.25) is 0 Å². The number of anilines is 1. The summed E-state index contributed by atoms with van der Waals surface area (Å²) in [5.74, 6) is 0.256. The van der Waals surface area contributed by atoms with E-state index in [0.29, 0.717) is 5.69 Å². The van der Waals surface area contributed by atoms with Crippen molar-refractivity contribution in [1.29, 1.82) is 0 Å². The van der Waals surface area contributed by atoms with Crippen LogP contribution in [0.15, 0.2) is 12.1 Å². The molecule has 0 amide bonds. The Balaban J connectivity index is 2.21. The average Bonchev–Trinajstić information content (AvgIpc) is 2.32. The first kappa shape index (κ1) is 12.8. The van der Waals surface area contributed by atoms with Gasteiger partial charge in [0.1, 0.15) is 0 Å². The summed E-state index contributed by atoms with van der Waals surface area (Å²) in [4.78, 5) is 14.6. The summed E-state index contributed by atoms with van der Waals surface area (Å²) < 4.78 is 0. The molecule has 98 valence electrons. The summed E-state index contributed by atoms with van der Waals surface area (Å²) in [6.07, 6.45) is 3.11. The van der Waals surface area contributed by atoms with Crippen LogP contribution in [0.5, 0.6) is 0 Å². The minimum Gasteiger partial charge on any atom is -0.391 e. The van der Waals surface area contributed by atoms with Gasteiger partial charge in [0.05, 0.1) is 17.1 Å². The number of aliphatic hydroxyl groups is 1. The van der Waals surface area contributed by atoms with Crippen molar-refractivity contribution in [2.75, 3.05) is 5.32 Å². The number of nitro groups is 1. The zero-order valence-corrected chi connectivity index (χ0v) is 10.3. The van der Waals surface area contributed by atoms with Crippen molar-refractivity contribution in [2.45, 2.75) is 44.8 Å². The lowest BCUT2D eigenvalue weighted by Gasteiger charge is -2.28. The Morgan fingerprint density at radius 3 is 2.83 bits per heavy atom. The lowest BCUT2D eigenvalue weighted by molar-refractivity contribution is -0.384. The number of aliphatic hydroxyl groups excluding tert-OH is 1. The predicted octanol–water partition coefficient (Wildman–Crippen LogP) is 2.01. The van der Waals surface area contributed by atoms with Gasteiger partial charge < -0.3 is 10.4 Å². The first-order valence-corrected chi connectivity index (χ1v) is 6.14. The molecule has 1 aliphatic carbocycles. The highest BCUT2D eigenvalue weighted by atomic mass is 16.6. The van der Waals surface area contributed by atoms with Gasteiger partial charge in [0.2, 0.25) is 5.82 Å². The lowest BCUT2D eigenvalue weighted by Crippen LogP contribution is -2.36. The summed E-state index contributed by atoms with van der Waals surface area (Å²) in [6, 6.07) is 2.91. The first-order valence-electron chi connectivity index (χ1n) is 6.14. The summed E-state index contributed by atoms with van der Waals surface area (Å²) in [7, 11) is 0. The van der Waals surface area contributed by atoms with E-state index in [1.165, 1.54) is 6.07 Å². The second kappa shape index (κ2) is 5.30. The zero-order chi connectivity index (χ0) is 13.1. The van der Waals surface area contributed by atoms with Gasteiger partial charge in [-0.25, -0.2) is 4.98 Å². The van der Waals surface area contributed by atoms with E-state index in [1.807, 2.05) is 0 Å². The Morgan fingerprint density at radius 2 is 2.17 bits per heavy atom. The van der Waals surface area contributed by atoms with Gasteiger partial charge in [0, 0.05) is 11.8 Å². The predicted molar refractivity (Wildman–Crippen MR) is 67.5 cm³/mol. The van der Waals surface area contributed by atoms with Crippen LogP contribution in [0.4, 0.5) is 11.5 Å². The molecule has 1 saturated carbocycles. The highest BCUT2D eigenvalue weighted by molar-refractivity contribution is 5.56. The van der Waals surface area contributed by atoms with Gasteiger partial charge in [0.15, 0.2) is 0 Å². The van der Waals surface area contributed by atoms with Crippen LogP contribution in [-0.2, 0) is 0 Å². The molecular formula is C12H17N3O3. The summed E-state index contributed by atoms with van der Waals surface area (Å²) >= 11 is 0. The Hall–Kier alpha value is -1.69. The standard InChI is InChI=1S/C12H17N3O3/c1-8-6-7-10(15(17)18)12(13-8)14-9-4-2-3-5-11(9)16/h6-7,9,11,16H,2-5H2,1H3,(H,13,14). The van der Waals surface area contributed by atoms with E-state index in [9.17, 15) is 15.2 Å². The van der Waals surface area contributed by atoms with Crippen LogP contribution in [0, 0.1) is 17.0 Å². The van der Waals surface area contributed by atoms with Crippen LogP contribution in [-0.4, -0.2) is 27.2 Å². The smallest absolute Gasteiger partial charge is 0.311 e. The van der Waals surface area contributed by atoms with Crippen molar-refractivity contribution in [3.05, 3.63) is 27.9 Å². The highest BCUT2D eigenvalue weighted by Gasteiger charge is 2.26. The molecule has 0 aromatic carbocycles. The van der Waals surface area contributed by atoms with Gasteiger partial charge in [-0.15, -0.1) is 0 Å². The fourth-order valence-corrected chi connectivity index (χ4v) is 2.26. The number of hydrogen-bond donors (Lipinski definition) is 2. The van der Waals surface area contributed by atoms with Crippen LogP contribution >= 0.6 is 0 Å². The van der Waals surface area contributed by atoms with E-state index in [2.05, 4.69) is 10.3 Å². The van der Waals surface area contributed by atoms with Gasteiger partial charge in [0.25, 0.3) is 0 Å². The maximum atomic E-state index is 10.9. The molecule has 2 atom stereocenters. The molecule has 0 spiro atoms. The average molecular weight is 251 g/mol. The van der Waals surface area contributed by atoms with E-state index in [4.69, 9.17) is 0 Å². The molecule has 18 heavy (non-hydrogen) atoms. The first-order chi connectivity index (χ1) is 8.58. The van der Waals surface area contributed by atoms with Crippen LogP contribution < -0.4 is 5.32 Å². The van der Waals surface area contributed by atoms with Gasteiger partial charge in [-0.05, 0) is 25.8 Å². The topological polar surface area (TPSA) is 88.3 Å². The molecule has 0 aliphatic heterocycles. The second-order valence-corrected chi connectivity index (χ2v) is 4.68. The van der Waals surface area contributed by atoms with Crippen molar-refractivity contribution in [3.63, 3.8) is 0 Å². The minimum absolute atomic E-state index is 0.0432. The number of rotatable bonds is 3. The molecule has 0 bridgehead atoms. The maximum absolute atomic E-state index is 10.9. The van der Waals surface area contributed by atoms with Gasteiger partial charge in [-0.3, -0.25) is 10.1 Å². The Labute approximate surface area is 105 Å². The third-order valence-electron chi connectivity index (χ3n) is 3.26. The fraction of sp³-hybridized carbons (Fsp3) is 0.583. The van der Waals surface area contributed by atoms with Crippen LogP contribution in [0.1, 0.15) is 31.4 Å². The maximum Gasteiger partial charge on any atom is 0.311 e. The van der Waals surface area contributed by atoms with E-state index in [0.717, 1.165) is 25.7 Å². The van der Waals surface area contributed by atoms with Crippen molar-refractivity contribution in [2.24, 2.45) is 0 Å². The van der Waals surface area contributed by atoms with E-state index in [1.54, 1.807) is 13.0 Å². The lowest BCUT2D eigenvalue weighted by atomic mass is 9.92. The molecule has 6 nitrogen and oxygen atoms in total. The van der Waals surface area contributed by atoms with Gasteiger partial charge in [-0.1, -0.05) is 12.8 Å². The summed E-state index contributed by atoms with van der Waals surface area (Å²) in [5, 5.41) is 23.8. The minimum atomic E-state index is -0.458. The summed E-state index contributed by atoms with van der Waals surface area (Å²) in [5.41, 5.74) is 0.673. The molecule has 1 aromatic rings. The molecule has 1 aromatic heterocycles. The quantitative estimate of drug-likeness (QED) is 0.633. The van der Waals surface area contributed by atoms with Crippen LogP contribution in [0.3, 0.4) is 0 Å².